The number of carbonyl (C=O) groups is 1. The zero-order chi connectivity index (χ0) is 13.1. The molecule has 0 spiro atoms. The molecule has 1 rings (SSSR count). The summed E-state index contributed by atoms with van der Waals surface area (Å²) in [6.45, 7) is 5.30. The highest BCUT2D eigenvalue weighted by Gasteiger charge is 2.10. The largest absolute Gasteiger partial charge is 0.355 e. The quantitative estimate of drug-likeness (QED) is 0.407. The van der Waals surface area contributed by atoms with Crippen LogP contribution in [0.3, 0.4) is 0 Å². The van der Waals surface area contributed by atoms with Crippen molar-refractivity contribution in [2.45, 2.75) is 63.8 Å². The fourth-order valence-corrected chi connectivity index (χ4v) is 2.46. The zero-order valence-corrected chi connectivity index (χ0v) is 14.0. The molecule has 0 unspecified atom stereocenters. The lowest BCUT2D eigenvalue weighted by Gasteiger charge is -2.16. The number of carbonyl (C=O) groups excluding carboxylic acids is 1. The van der Waals surface area contributed by atoms with Gasteiger partial charge in [0.15, 0.2) is 0 Å². The number of hydrogen-bond acceptors (Lipinski definition) is 2. The number of hydrogen-bond donors (Lipinski definition) is 2. The monoisotopic (exact) mass is 324 g/mol. The lowest BCUT2D eigenvalue weighted by Crippen LogP contribution is -2.36. The number of allylic oxidation sites excluding steroid dienone is 1. The zero-order valence-electron chi connectivity index (χ0n) is 12.4. The minimum atomic E-state index is 0. The lowest BCUT2D eigenvalue weighted by atomic mass is 10.1. The molecule has 1 aliphatic carbocycles. The maximum absolute atomic E-state index is 11.5. The molecule has 0 radical (unpaired) electrons. The van der Waals surface area contributed by atoms with Gasteiger partial charge in [0, 0.05) is 25.6 Å². The summed E-state index contributed by atoms with van der Waals surface area (Å²) in [5.74, 6) is 0.166. The highest BCUT2D eigenvalue weighted by molar-refractivity contribution is 5.85. The van der Waals surface area contributed by atoms with Gasteiger partial charge < -0.3 is 10.6 Å². The van der Waals surface area contributed by atoms with Gasteiger partial charge >= 0.3 is 0 Å². The van der Waals surface area contributed by atoms with Gasteiger partial charge in [-0.25, -0.2) is 0 Å². The number of halogens is 2. The van der Waals surface area contributed by atoms with E-state index in [0.29, 0.717) is 12.5 Å². The minimum absolute atomic E-state index is 0. The molecule has 3 nitrogen and oxygen atoms in total. The van der Waals surface area contributed by atoms with E-state index in [1.54, 1.807) is 0 Å². The summed E-state index contributed by atoms with van der Waals surface area (Å²) in [6, 6.07) is 0.671. The Kier molecular flexibility index (Phi) is 16.7. The minimum Gasteiger partial charge on any atom is -0.355 e. The van der Waals surface area contributed by atoms with Crippen LogP contribution in [-0.2, 0) is 4.79 Å². The fourth-order valence-electron chi connectivity index (χ4n) is 2.46. The van der Waals surface area contributed by atoms with E-state index in [0.717, 1.165) is 25.9 Å². The predicted octanol–water partition coefficient (Wildman–Crippen LogP) is 3.61. The molecule has 1 amide bonds. The summed E-state index contributed by atoms with van der Waals surface area (Å²) in [5.41, 5.74) is 0. The third-order valence-electron chi connectivity index (χ3n) is 3.55. The van der Waals surface area contributed by atoms with E-state index in [2.05, 4.69) is 17.2 Å². The Balaban J connectivity index is 0. The third kappa shape index (κ3) is 11.6. The van der Waals surface area contributed by atoms with Crippen LogP contribution in [0.2, 0.25) is 0 Å². The molecule has 5 heteroatoms. The predicted molar refractivity (Wildman–Crippen MR) is 91.0 cm³/mol. The third-order valence-corrected chi connectivity index (χ3v) is 3.55. The number of nitrogens with one attached hydrogen (secondary N) is 2. The SMILES string of the molecule is C=CCCCC(=O)NCCNC1CCCCCC1.Cl.Cl. The first kappa shape index (κ1) is 22.0. The van der Waals surface area contributed by atoms with E-state index < -0.39 is 0 Å². The van der Waals surface area contributed by atoms with Crippen molar-refractivity contribution in [3.63, 3.8) is 0 Å². The van der Waals surface area contributed by atoms with Gasteiger partial charge in [-0.3, -0.25) is 4.79 Å². The Morgan fingerprint density at radius 1 is 1.10 bits per heavy atom. The maximum Gasteiger partial charge on any atom is 0.220 e. The van der Waals surface area contributed by atoms with Crippen LogP contribution in [0, 0.1) is 0 Å². The lowest BCUT2D eigenvalue weighted by molar-refractivity contribution is -0.121. The summed E-state index contributed by atoms with van der Waals surface area (Å²) in [7, 11) is 0. The number of rotatable bonds is 8. The second kappa shape index (κ2) is 15.1. The maximum atomic E-state index is 11.5. The molecule has 1 aliphatic rings. The molecule has 0 aromatic carbocycles. The second-order valence-electron chi connectivity index (χ2n) is 5.17. The molecule has 20 heavy (non-hydrogen) atoms. The van der Waals surface area contributed by atoms with Crippen LogP contribution in [-0.4, -0.2) is 25.0 Å². The molecular weight excluding hydrogens is 295 g/mol. The second-order valence-corrected chi connectivity index (χ2v) is 5.17. The summed E-state index contributed by atoms with van der Waals surface area (Å²) in [4.78, 5) is 11.5. The van der Waals surface area contributed by atoms with E-state index >= 15 is 0 Å². The average Bonchev–Trinajstić information content (AvgIpc) is 2.63. The first-order valence-electron chi connectivity index (χ1n) is 7.44. The molecule has 0 aromatic heterocycles. The smallest absolute Gasteiger partial charge is 0.220 e. The van der Waals surface area contributed by atoms with E-state index in [-0.39, 0.29) is 30.7 Å². The van der Waals surface area contributed by atoms with Crippen molar-refractivity contribution in [2.24, 2.45) is 0 Å². The summed E-state index contributed by atoms with van der Waals surface area (Å²) >= 11 is 0. The van der Waals surface area contributed by atoms with Crippen LogP contribution in [0.5, 0.6) is 0 Å². The van der Waals surface area contributed by atoms with Crippen molar-refractivity contribution in [1.29, 1.82) is 0 Å². The number of amides is 1. The molecule has 0 atom stereocenters. The highest BCUT2D eigenvalue weighted by atomic mass is 35.5. The van der Waals surface area contributed by atoms with Gasteiger partial charge in [0.05, 0.1) is 0 Å². The van der Waals surface area contributed by atoms with Crippen molar-refractivity contribution in [3.05, 3.63) is 12.7 Å². The van der Waals surface area contributed by atoms with Crippen molar-refractivity contribution >= 4 is 30.7 Å². The first-order chi connectivity index (χ1) is 8.83. The standard InChI is InChI=1S/C15H28N2O.2ClH/c1-2-3-6-11-15(18)17-13-12-16-14-9-7-4-5-8-10-14;;/h2,14,16H,1,3-13H2,(H,17,18);2*1H. The van der Waals surface area contributed by atoms with Crippen LogP contribution >= 0.6 is 24.8 Å². The van der Waals surface area contributed by atoms with Gasteiger partial charge in [-0.2, -0.15) is 0 Å². The van der Waals surface area contributed by atoms with Crippen LogP contribution in [0.15, 0.2) is 12.7 Å². The first-order valence-corrected chi connectivity index (χ1v) is 7.44. The van der Waals surface area contributed by atoms with Gasteiger partial charge in [-0.1, -0.05) is 31.8 Å². The molecule has 2 N–H and O–H groups in total. The summed E-state index contributed by atoms with van der Waals surface area (Å²) < 4.78 is 0. The van der Waals surface area contributed by atoms with E-state index in [1.807, 2.05) is 6.08 Å². The molecular formula is C15H30Cl2N2O. The van der Waals surface area contributed by atoms with Crippen LogP contribution < -0.4 is 10.6 Å². The van der Waals surface area contributed by atoms with E-state index in [1.165, 1.54) is 38.5 Å². The van der Waals surface area contributed by atoms with Crippen molar-refractivity contribution in [2.75, 3.05) is 13.1 Å². The molecule has 0 aromatic rings. The molecule has 1 saturated carbocycles. The van der Waals surface area contributed by atoms with Crippen LogP contribution in [0.25, 0.3) is 0 Å². The molecule has 1 fully saturated rings. The Bertz CT molecular complexity index is 242. The number of unbranched alkanes of at least 4 members (excludes halogenated alkanes) is 1. The molecule has 0 aliphatic heterocycles. The Morgan fingerprint density at radius 3 is 2.35 bits per heavy atom. The van der Waals surface area contributed by atoms with Crippen LogP contribution in [0.1, 0.15) is 57.8 Å². The van der Waals surface area contributed by atoms with Gasteiger partial charge in [0.1, 0.15) is 0 Å². The van der Waals surface area contributed by atoms with E-state index in [9.17, 15) is 4.79 Å². The average molecular weight is 325 g/mol. The van der Waals surface area contributed by atoms with Crippen LogP contribution in [0.4, 0.5) is 0 Å². The van der Waals surface area contributed by atoms with Crippen molar-refractivity contribution in [1.82, 2.24) is 10.6 Å². The summed E-state index contributed by atoms with van der Waals surface area (Å²) in [5, 5.41) is 6.51. The van der Waals surface area contributed by atoms with Crippen molar-refractivity contribution in [3.8, 4) is 0 Å². The highest BCUT2D eigenvalue weighted by Crippen LogP contribution is 2.16. The van der Waals surface area contributed by atoms with Crippen molar-refractivity contribution < 1.29 is 4.79 Å². The fraction of sp³-hybridized carbons (Fsp3) is 0.800. The van der Waals surface area contributed by atoms with E-state index in [4.69, 9.17) is 0 Å². The normalized spacial score (nSPS) is 15.4. The molecule has 0 bridgehead atoms. The molecule has 120 valence electrons. The molecule has 0 heterocycles. The summed E-state index contributed by atoms with van der Waals surface area (Å²) in [6.07, 6.45) is 12.4. The van der Waals surface area contributed by atoms with Gasteiger partial charge in [0.25, 0.3) is 0 Å². The molecule has 0 saturated heterocycles. The topological polar surface area (TPSA) is 41.1 Å². The Hall–Kier alpha value is -0.250. The van der Waals surface area contributed by atoms with Gasteiger partial charge in [-0.05, 0) is 25.7 Å². The Labute approximate surface area is 136 Å². The Morgan fingerprint density at radius 2 is 1.75 bits per heavy atom. The van der Waals surface area contributed by atoms with Gasteiger partial charge in [0.2, 0.25) is 5.91 Å². The van der Waals surface area contributed by atoms with Gasteiger partial charge in [-0.15, -0.1) is 31.4 Å².